The van der Waals surface area contributed by atoms with Gasteiger partial charge in [-0.2, -0.15) is 0 Å². The van der Waals surface area contributed by atoms with Gasteiger partial charge in [0.15, 0.2) is 0 Å². The molecule has 0 amide bonds. The van der Waals surface area contributed by atoms with Crippen LogP contribution in [0, 0.1) is 5.82 Å². The molecule has 0 radical (unpaired) electrons. The maximum absolute atomic E-state index is 13.8. The molecule has 0 aromatic heterocycles. The average Bonchev–Trinajstić information content (AvgIpc) is 2.54. The first kappa shape index (κ1) is 18.2. The molecular formula is C18H29FN2O2. The van der Waals surface area contributed by atoms with Gasteiger partial charge in [-0.15, -0.1) is 0 Å². The minimum Gasteiger partial charge on any atom is -0.389 e. The van der Waals surface area contributed by atoms with Crippen molar-refractivity contribution in [2.24, 2.45) is 0 Å². The molecule has 0 unspecified atom stereocenters. The van der Waals surface area contributed by atoms with Gasteiger partial charge < -0.3 is 14.7 Å². The Morgan fingerprint density at radius 1 is 1.22 bits per heavy atom. The monoisotopic (exact) mass is 324 g/mol. The summed E-state index contributed by atoms with van der Waals surface area (Å²) in [4.78, 5) is 4.28. The van der Waals surface area contributed by atoms with E-state index in [1.807, 2.05) is 26.0 Å². The number of nitrogens with zero attached hydrogens (tertiary/aromatic N) is 2. The summed E-state index contributed by atoms with van der Waals surface area (Å²) in [6.45, 7) is 10.3. The van der Waals surface area contributed by atoms with E-state index in [1.165, 1.54) is 6.07 Å². The Bertz CT molecular complexity index is 488. The number of rotatable bonds is 7. The van der Waals surface area contributed by atoms with Gasteiger partial charge in [0.2, 0.25) is 0 Å². The van der Waals surface area contributed by atoms with Crippen LogP contribution in [0.3, 0.4) is 0 Å². The summed E-state index contributed by atoms with van der Waals surface area (Å²) in [6, 6.07) is 6.89. The molecule has 0 aliphatic carbocycles. The Morgan fingerprint density at radius 2 is 1.87 bits per heavy atom. The largest absolute Gasteiger partial charge is 0.389 e. The van der Waals surface area contributed by atoms with Gasteiger partial charge in [0.25, 0.3) is 0 Å². The predicted molar refractivity (Wildman–Crippen MR) is 91.4 cm³/mol. The van der Waals surface area contributed by atoms with E-state index < -0.39 is 6.10 Å². The minimum absolute atomic E-state index is 0.170. The molecule has 0 bridgehead atoms. The lowest BCUT2D eigenvalue weighted by molar-refractivity contribution is -0.0674. The predicted octanol–water partition coefficient (Wildman–Crippen LogP) is 2.51. The summed E-state index contributed by atoms with van der Waals surface area (Å²) < 4.78 is 19.6. The smallest absolute Gasteiger partial charge is 0.146 e. The number of hydrogen-bond acceptors (Lipinski definition) is 4. The van der Waals surface area contributed by atoms with Crippen molar-refractivity contribution in [2.45, 2.75) is 38.9 Å². The van der Waals surface area contributed by atoms with Crippen molar-refractivity contribution in [2.75, 3.05) is 44.2 Å². The van der Waals surface area contributed by atoms with E-state index >= 15 is 0 Å². The molecule has 1 N–H and O–H groups in total. The third-order valence-electron chi connectivity index (χ3n) is 4.55. The summed E-state index contributed by atoms with van der Waals surface area (Å²) in [6.07, 6.45) is 0.432. The van der Waals surface area contributed by atoms with E-state index in [1.54, 1.807) is 6.07 Å². The molecule has 1 saturated heterocycles. The highest BCUT2D eigenvalue weighted by Crippen LogP contribution is 2.20. The van der Waals surface area contributed by atoms with Gasteiger partial charge in [-0.3, -0.25) is 4.90 Å². The number of halogens is 1. The lowest BCUT2D eigenvalue weighted by Crippen LogP contribution is -2.49. The fraction of sp³-hybridized carbons (Fsp3) is 0.667. The zero-order valence-corrected chi connectivity index (χ0v) is 14.5. The maximum atomic E-state index is 13.8. The second-order valence-electron chi connectivity index (χ2n) is 6.82. The van der Waals surface area contributed by atoms with Crippen molar-refractivity contribution in [3.05, 3.63) is 30.1 Å². The normalized spacial score (nSPS) is 18.2. The Labute approximate surface area is 138 Å². The third kappa shape index (κ3) is 5.44. The molecule has 0 spiro atoms. The van der Waals surface area contributed by atoms with E-state index in [9.17, 15) is 9.50 Å². The number of para-hydroxylation sites is 1. The Morgan fingerprint density at radius 3 is 2.48 bits per heavy atom. The van der Waals surface area contributed by atoms with E-state index in [2.05, 4.69) is 16.7 Å². The quantitative estimate of drug-likeness (QED) is 0.836. The van der Waals surface area contributed by atoms with Crippen molar-refractivity contribution >= 4 is 5.69 Å². The first-order valence-electron chi connectivity index (χ1n) is 8.45. The van der Waals surface area contributed by atoms with Crippen molar-refractivity contribution in [3.8, 4) is 0 Å². The number of aliphatic hydroxyl groups is 1. The number of anilines is 1. The molecule has 1 atom stereocenters. The molecule has 23 heavy (non-hydrogen) atoms. The zero-order chi connectivity index (χ0) is 16.9. The summed E-state index contributed by atoms with van der Waals surface area (Å²) in [7, 11) is 0. The molecule has 1 aromatic carbocycles. The highest BCUT2D eigenvalue weighted by Gasteiger charge is 2.22. The molecule has 2 rings (SSSR count). The lowest BCUT2D eigenvalue weighted by atomic mass is 10.1. The van der Waals surface area contributed by atoms with Gasteiger partial charge in [0, 0.05) is 32.7 Å². The van der Waals surface area contributed by atoms with Gasteiger partial charge in [-0.05, 0) is 32.4 Å². The summed E-state index contributed by atoms with van der Waals surface area (Å²) in [5, 5.41) is 10.1. The van der Waals surface area contributed by atoms with E-state index in [0.717, 1.165) is 32.6 Å². The fourth-order valence-corrected chi connectivity index (χ4v) is 2.65. The number of benzene rings is 1. The summed E-state index contributed by atoms with van der Waals surface area (Å²) in [5.74, 6) is -0.170. The van der Waals surface area contributed by atoms with Gasteiger partial charge in [0.1, 0.15) is 5.82 Å². The van der Waals surface area contributed by atoms with Crippen LogP contribution in [0.15, 0.2) is 24.3 Å². The SMILES string of the molecule is CCC(C)(C)OC[C@@H](O)CN1CCN(c2ccccc2F)CC1. The fourth-order valence-electron chi connectivity index (χ4n) is 2.65. The van der Waals surface area contributed by atoms with Gasteiger partial charge in [-0.25, -0.2) is 4.39 Å². The number of β-amino-alcohol motifs (C(OH)–C–C–N with tert-alkyl or cyclic N) is 1. The van der Waals surface area contributed by atoms with Crippen LogP contribution in [0.25, 0.3) is 0 Å². The second-order valence-corrected chi connectivity index (χ2v) is 6.82. The number of aliphatic hydroxyl groups excluding tert-OH is 1. The Balaban J connectivity index is 1.75. The van der Waals surface area contributed by atoms with Crippen LogP contribution in [0.2, 0.25) is 0 Å². The molecule has 5 heteroatoms. The van der Waals surface area contributed by atoms with E-state index in [-0.39, 0.29) is 11.4 Å². The van der Waals surface area contributed by atoms with Crippen LogP contribution in [-0.4, -0.2) is 61.0 Å². The molecule has 1 aliphatic heterocycles. The highest BCUT2D eigenvalue weighted by atomic mass is 19.1. The number of ether oxygens (including phenoxy) is 1. The molecule has 130 valence electrons. The average molecular weight is 324 g/mol. The maximum Gasteiger partial charge on any atom is 0.146 e. The highest BCUT2D eigenvalue weighted by molar-refractivity contribution is 5.47. The first-order chi connectivity index (χ1) is 10.9. The number of piperazine rings is 1. The molecule has 1 aromatic rings. The molecule has 0 saturated carbocycles. The van der Waals surface area contributed by atoms with E-state index in [4.69, 9.17) is 4.74 Å². The topological polar surface area (TPSA) is 35.9 Å². The summed E-state index contributed by atoms with van der Waals surface area (Å²) in [5.41, 5.74) is 0.477. The molecular weight excluding hydrogens is 295 g/mol. The van der Waals surface area contributed by atoms with Gasteiger partial charge in [-0.1, -0.05) is 19.1 Å². The second kappa shape index (κ2) is 8.08. The van der Waals surface area contributed by atoms with Crippen LogP contribution in [-0.2, 0) is 4.74 Å². The molecule has 1 fully saturated rings. The van der Waals surface area contributed by atoms with Crippen molar-refractivity contribution in [1.29, 1.82) is 0 Å². The minimum atomic E-state index is -0.485. The summed E-state index contributed by atoms with van der Waals surface area (Å²) >= 11 is 0. The van der Waals surface area contributed by atoms with Crippen LogP contribution >= 0.6 is 0 Å². The van der Waals surface area contributed by atoms with Gasteiger partial charge in [0.05, 0.1) is 24.0 Å². The molecule has 1 heterocycles. The Kier molecular flexibility index (Phi) is 6.39. The van der Waals surface area contributed by atoms with Crippen LogP contribution in [0.5, 0.6) is 0 Å². The van der Waals surface area contributed by atoms with Crippen molar-refractivity contribution in [1.82, 2.24) is 4.90 Å². The Hall–Kier alpha value is -1.17. The van der Waals surface area contributed by atoms with Gasteiger partial charge >= 0.3 is 0 Å². The van der Waals surface area contributed by atoms with E-state index in [0.29, 0.717) is 18.8 Å². The first-order valence-corrected chi connectivity index (χ1v) is 8.45. The van der Waals surface area contributed by atoms with Crippen LogP contribution in [0.4, 0.5) is 10.1 Å². The van der Waals surface area contributed by atoms with Crippen LogP contribution < -0.4 is 4.90 Å². The lowest BCUT2D eigenvalue weighted by Gasteiger charge is -2.37. The molecule has 4 nitrogen and oxygen atoms in total. The van der Waals surface area contributed by atoms with Crippen molar-refractivity contribution in [3.63, 3.8) is 0 Å². The number of hydrogen-bond donors (Lipinski definition) is 1. The zero-order valence-electron chi connectivity index (χ0n) is 14.5. The third-order valence-corrected chi connectivity index (χ3v) is 4.55. The standard InChI is InChI=1S/C18H29FN2O2/c1-4-18(2,3)23-14-15(22)13-20-9-11-21(12-10-20)17-8-6-5-7-16(17)19/h5-8,15,22H,4,9-14H2,1-3H3/t15-/m0/s1. The van der Waals surface area contributed by atoms with Crippen LogP contribution in [0.1, 0.15) is 27.2 Å². The molecule has 1 aliphatic rings. The van der Waals surface area contributed by atoms with Crippen molar-refractivity contribution < 1.29 is 14.2 Å².